The maximum absolute atomic E-state index is 9.60. The zero-order valence-corrected chi connectivity index (χ0v) is 11.0. The molecular formula is C14H25N3. The zero-order chi connectivity index (χ0) is 12.1. The number of hydrogen-bond donors (Lipinski definition) is 1. The highest BCUT2D eigenvalue weighted by molar-refractivity contribution is 5.11. The van der Waals surface area contributed by atoms with Crippen LogP contribution in [0, 0.1) is 17.2 Å². The summed E-state index contributed by atoms with van der Waals surface area (Å²) >= 11 is 0. The molecule has 1 aliphatic carbocycles. The number of rotatable bonds is 3. The normalized spacial score (nSPS) is 35.4. The molecule has 0 radical (unpaired) electrons. The van der Waals surface area contributed by atoms with Crippen LogP contribution in [0.5, 0.6) is 0 Å². The van der Waals surface area contributed by atoms with E-state index in [1.165, 1.54) is 25.7 Å². The van der Waals surface area contributed by atoms with Crippen LogP contribution in [0.3, 0.4) is 0 Å². The van der Waals surface area contributed by atoms with Crippen molar-refractivity contribution in [3.8, 4) is 6.07 Å². The third kappa shape index (κ3) is 2.81. The average Bonchev–Trinajstić information content (AvgIpc) is 2.41. The van der Waals surface area contributed by atoms with Crippen LogP contribution in [-0.4, -0.2) is 36.6 Å². The van der Waals surface area contributed by atoms with E-state index in [0.717, 1.165) is 44.9 Å². The molecule has 1 aliphatic heterocycles. The van der Waals surface area contributed by atoms with Crippen molar-refractivity contribution >= 4 is 0 Å². The molecule has 1 N–H and O–H groups in total. The second-order valence-corrected chi connectivity index (χ2v) is 5.61. The molecule has 0 amide bonds. The molecule has 0 atom stereocenters. The van der Waals surface area contributed by atoms with Gasteiger partial charge in [0.2, 0.25) is 0 Å². The molecule has 1 saturated carbocycles. The Morgan fingerprint density at radius 3 is 2.47 bits per heavy atom. The van der Waals surface area contributed by atoms with Gasteiger partial charge in [-0.2, -0.15) is 5.26 Å². The second-order valence-electron chi connectivity index (χ2n) is 5.61. The number of nitrogens with one attached hydrogen (secondary N) is 1. The highest BCUT2D eigenvalue weighted by atomic mass is 15.2. The smallest absolute Gasteiger partial charge is 0.109 e. The molecule has 0 aromatic carbocycles. The lowest BCUT2D eigenvalue weighted by Gasteiger charge is -2.45. The minimum absolute atomic E-state index is 0.133. The van der Waals surface area contributed by atoms with Crippen LogP contribution in [0.2, 0.25) is 0 Å². The van der Waals surface area contributed by atoms with E-state index in [9.17, 15) is 5.26 Å². The second kappa shape index (κ2) is 5.84. The summed E-state index contributed by atoms with van der Waals surface area (Å²) in [4.78, 5) is 2.44. The fourth-order valence-electron chi connectivity index (χ4n) is 3.44. The predicted octanol–water partition coefficient (Wildman–Crippen LogP) is 2.14. The minimum atomic E-state index is -0.133. The van der Waals surface area contributed by atoms with E-state index >= 15 is 0 Å². The van der Waals surface area contributed by atoms with Crippen LogP contribution < -0.4 is 5.32 Å². The van der Waals surface area contributed by atoms with Crippen molar-refractivity contribution in [2.45, 2.75) is 51.0 Å². The van der Waals surface area contributed by atoms with Crippen LogP contribution in [0.25, 0.3) is 0 Å². The first-order chi connectivity index (χ1) is 8.30. The summed E-state index contributed by atoms with van der Waals surface area (Å²) in [7, 11) is 0. The fourth-order valence-corrected chi connectivity index (χ4v) is 3.44. The van der Waals surface area contributed by atoms with Crippen LogP contribution in [0.4, 0.5) is 0 Å². The van der Waals surface area contributed by atoms with Crippen molar-refractivity contribution in [2.75, 3.05) is 26.2 Å². The van der Waals surface area contributed by atoms with Crippen molar-refractivity contribution in [3.63, 3.8) is 0 Å². The van der Waals surface area contributed by atoms with Gasteiger partial charge in [0.1, 0.15) is 5.54 Å². The monoisotopic (exact) mass is 235 g/mol. The van der Waals surface area contributed by atoms with Gasteiger partial charge in [-0.3, -0.25) is 4.90 Å². The van der Waals surface area contributed by atoms with E-state index in [2.05, 4.69) is 23.2 Å². The van der Waals surface area contributed by atoms with Crippen molar-refractivity contribution in [2.24, 2.45) is 5.92 Å². The summed E-state index contributed by atoms with van der Waals surface area (Å²) in [5.41, 5.74) is -0.133. The maximum Gasteiger partial charge on any atom is 0.109 e. The third-order valence-corrected chi connectivity index (χ3v) is 4.56. The van der Waals surface area contributed by atoms with Gasteiger partial charge in [-0.05, 0) is 31.6 Å². The summed E-state index contributed by atoms with van der Waals surface area (Å²) in [5, 5.41) is 13.0. The van der Waals surface area contributed by atoms with Gasteiger partial charge < -0.3 is 5.32 Å². The molecule has 0 unspecified atom stereocenters. The van der Waals surface area contributed by atoms with Gasteiger partial charge in [0.25, 0.3) is 0 Å². The molecule has 2 fully saturated rings. The molecular weight excluding hydrogens is 210 g/mol. The molecule has 17 heavy (non-hydrogen) atoms. The van der Waals surface area contributed by atoms with E-state index in [4.69, 9.17) is 0 Å². The lowest BCUT2D eigenvalue weighted by Crippen LogP contribution is -2.56. The van der Waals surface area contributed by atoms with E-state index in [-0.39, 0.29) is 5.54 Å². The molecule has 1 saturated heterocycles. The van der Waals surface area contributed by atoms with E-state index in [1.54, 1.807) is 0 Å². The van der Waals surface area contributed by atoms with E-state index in [1.807, 2.05) is 0 Å². The lowest BCUT2D eigenvalue weighted by atomic mass is 9.74. The topological polar surface area (TPSA) is 39.1 Å². The number of piperazine rings is 1. The van der Waals surface area contributed by atoms with Gasteiger partial charge >= 0.3 is 0 Å². The molecule has 2 aliphatic rings. The lowest BCUT2D eigenvalue weighted by molar-refractivity contribution is 0.0677. The summed E-state index contributed by atoms with van der Waals surface area (Å²) in [6, 6.07) is 2.65. The van der Waals surface area contributed by atoms with Crippen molar-refractivity contribution in [1.82, 2.24) is 10.2 Å². The molecule has 3 heteroatoms. The Balaban J connectivity index is 1.95. The number of hydrogen-bond acceptors (Lipinski definition) is 3. The van der Waals surface area contributed by atoms with E-state index in [0.29, 0.717) is 0 Å². The Bertz CT molecular complexity index is 268. The number of nitriles is 1. The zero-order valence-electron chi connectivity index (χ0n) is 11.0. The van der Waals surface area contributed by atoms with Crippen molar-refractivity contribution in [1.29, 1.82) is 5.26 Å². The summed E-state index contributed by atoms with van der Waals surface area (Å²) in [6.45, 7) is 6.45. The fraction of sp³-hybridized carbons (Fsp3) is 0.929. The van der Waals surface area contributed by atoms with Crippen LogP contribution in [0.15, 0.2) is 0 Å². The first-order valence-electron chi connectivity index (χ1n) is 7.18. The van der Waals surface area contributed by atoms with Gasteiger partial charge in [0.15, 0.2) is 0 Å². The minimum Gasteiger partial charge on any atom is -0.314 e. The van der Waals surface area contributed by atoms with Crippen LogP contribution >= 0.6 is 0 Å². The third-order valence-electron chi connectivity index (χ3n) is 4.56. The van der Waals surface area contributed by atoms with E-state index < -0.39 is 0 Å². The summed E-state index contributed by atoms with van der Waals surface area (Å²) in [5.74, 6) is 0.879. The SMILES string of the molecule is CCCC1CCC(C#N)(N2CCNCC2)CC1. The van der Waals surface area contributed by atoms with Gasteiger partial charge in [0.05, 0.1) is 6.07 Å². The van der Waals surface area contributed by atoms with Gasteiger partial charge in [-0.15, -0.1) is 0 Å². The highest BCUT2D eigenvalue weighted by Gasteiger charge is 2.40. The summed E-state index contributed by atoms with van der Waals surface area (Å²) < 4.78 is 0. The first-order valence-corrected chi connectivity index (χ1v) is 7.18. The molecule has 96 valence electrons. The predicted molar refractivity (Wildman–Crippen MR) is 69.7 cm³/mol. The molecule has 2 rings (SSSR count). The van der Waals surface area contributed by atoms with Crippen molar-refractivity contribution < 1.29 is 0 Å². The Hall–Kier alpha value is -0.590. The molecule has 0 aromatic heterocycles. The van der Waals surface area contributed by atoms with Gasteiger partial charge in [-0.25, -0.2) is 0 Å². The maximum atomic E-state index is 9.60. The first kappa shape index (κ1) is 12.9. The highest BCUT2D eigenvalue weighted by Crippen LogP contribution is 2.37. The Labute approximate surface area is 105 Å². The molecule has 0 spiro atoms. The molecule has 0 aromatic rings. The van der Waals surface area contributed by atoms with Crippen LogP contribution in [0.1, 0.15) is 45.4 Å². The quantitative estimate of drug-likeness (QED) is 0.814. The molecule has 3 nitrogen and oxygen atoms in total. The van der Waals surface area contributed by atoms with Crippen molar-refractivity contribution in [3.05, 3.63) is 0 Å². The summed E-state index contributed by atoms with van der Waals surface area (Å²) in [6.07, 6.45) is 7.33. The largest absolute Gasteiger partial charge is 0.314 e. The molecule has 1 heterocycles. The Morgan fingerprint density at radius 1 is 1.29 bits per heavy atom. The Morgan fingerprint density at radius 2 is 1.94 bits per heavy atom. The Kier molecular flexibility index (Phi) is 4.42. The standard InChI is InChI=1S/C14H25N3/c1-2-3-13-4-6-14(12-15,7-5-13)17-10-8-16-9-11-17/h13,16H,2-11H2,1H3. The number of nitrogens with zero attached hydrogens (tertiary/aromatic N) is 2. The van der Waals surface area contributed by atoms with Crippen LogP contribution in [-0.2, 0) is 0 Å². The van der Waals surface area contributed by atoms with Gasteiger partial charge in [-0.1, -0.05) is 19.8 Å². The average molecular weight is 235 g/mol. The molecule has 0 bridgehead atoms. The van der Waals surface area contributed by atoms with Gasteiger partial charge in [0, 0.05) is 26.2 Å².